The third-order valence-corrected chi connectivity index (χ3v) is 14.9. The molecule has 6 rings (SSSR count). The van der Waals surface area contributed by atoms with Gasteiger partial charge in [0.2, 0.25) is 0 Å². The van der Waals surface area contributed by atoms with Crippen LogP contribution in [0.5, 0.6) is 0 Å². The van der Waals surface area contributed by atoms with Crippen molar-refractivity contribution in [3.05, 3.63) is 47.5 Å². The Labute approximate surface area is 277 Å². The third kappa shape index (κ3) is 4.82. The van der Waals surface area contributed by atoms with Crippen LogP contribution in [0.25, 0.3) is 0 Å². The van der Waals surface area contributed by atoms with Crippen molar-refractivity contribution in [2.75, 3.05) is 26.9 Å². The van der Waals surface area contributed by atoms with Crippen LogP contribution in [0.4, 0.5) is 0 Å². The zero-order valence-corrected chi connectivity index (χ0v) is 29.6. The van der Waals surface area contributed by atoms with E-state index >= 15 is 0 Å². The molecule has 0 radical (unpaired) electrons. The highest BCUT2D eigenvalue weighted by Gasteiger charge is 2.71. The molecule has 0 unspecified atom stereocenters. The van der Waals surface area contributed by atoms with Crippen LogP contribution in [-0.4, -0.2) is 51.4 Å². The van der Waals surface area contributed by atoms with Crippen LogP contribution in [0.2, 0.25) is 0 Å². The van der Waals surface area contributed by atoms with Gasteiger partial charge in [-0.3, -0.25) is 4.79 Å². The molecule has 3 saturated carbocycles. The summed E-state index contributed by atoms with van der Waals surface area (Å²) in [4.78, 5) is 26.0. The molecule has 4 aliphatic carbocycles. The summed E-state index contributed by atoms with van der Waals surface area (Å²) < 4.78 is 25.2. The van der Waals surface area contributed by atoms with Crippen LogP contribution in [0.15, 0.2) is 42.0 Å². The van der Waals surface area contributed by atoms with Gasteiger partial charge in [-0.15, -0.1) is 0 Å². The van der Waals surface area contributed by atoms with Gasteiger partial charge in [-0.05, 0) is 84.0 Å². The van der Waals surface area contributed by atoms with Gasteiger partial charge in [-0.2, -0.15) is 0 Å². The molecule has 4 fully saturated rings. The molecule has 0 spiro atoms. The average molecular weight is 635 g/mol. The first-order valence-corrected chi connectivity index (χ1v) is 17.9. The van der Waals surface area contributed by atoms with Crippen molar-refractivity contribution in [3.63, 3.8) is 0 Å². The summed E-state index contributed by atoms with van der Waals surface area (Å²) >= 11 is 0. The summed E-state index contributed by atoms with van der Waals surface area (Å²) in [6, 6.07) is 10.1. The lowest BCUT2D eigenvalue weighted by atomic mass is 9.34. The summed E-state index contributed by atoms with van der Waals surface area (Å²) in [7, 11) is 1.79. The highest BCUT2D eigenvalue weighted by Crippen LogP contribution is 2.75. The molecule has 46 heavy (non-hydrogen) atoms. The zero-order chi connectivity index (χ0) is 33.1. The molecule has 11 atom stereocenters. The number of carbonyl (C=O) groups is 2. The zero-order valence-electron chi connectivity index (χ0n) is 29.6. The Morgan fingerprint density at radius 1 is 1.02 bits per heavy atom. The van der Waals surface area contributed by atoms with Gasteiger partial charge in [-0.25, -0.2) is 0 Å². The topological polar surface area (TPSA) is 71.1 Å². The van der Waals surface area contributed by atoms with Crippen molar-refractivity contribution >= 4 is 12.3 Å². The second-order valence-corrected chi connectivity index (χ2v) is 17.0. The molecule has 0 N–H and O–H groups in total. The van der Waals surface area contributed by atoms with E-state index in [-0.39, 0.29) is 57.8 Å². The smallest absolute Gasteiger partial charge is 0.310 e. The molecular weight excluding hydrogens is 576 g/mol. The molecule has 6 nitrogen and oxygen atoms in total. The lowest BCUT2D eigenvalue weighted by Gasteiger charge is -2.71. The number of fused-ring (bicyclic) bond motifs is 3. The lowest BCUT2D eigenvalue weighted by Crippen LogP contribution is -2.70. The fourth-order valence-corrected chi connectivity index (χ4v) is 12.0. The molecule has 1 saturated heterocycles. The van der Waals surface area contributed by atoms with E-state index in [0.717, 1.165) is 50.4 Å². The number of methoxy groups -OCH3 is 1. The Balaban J connectivity index is 1.41. The van der Waals surface area contributed by atoms with Crippen LogP contribution in [0, 0.1) is 56.7 Å². The minimum absolute atomic E-state index is 0.0307. The third-order valence-electron chi connectivity index (χ3n) is 14.9. The first-order chi connectivity index (χ1) is 21.8. The Bertz CT molecular complexity index is 1320. The highest BCUT2D eigenvalue weighted by molar-refractivity contribution is 5.75. The van der Waals surface area contributed by atoms with Gasteiger partial charge in [0.1, 0.15) is 19.5 Å². The van der Waals surface area contributed by atoms with Gasteiger partial charge in [-0.1, -0.05) is 90.4 Å². The Hall–Kier alpha value is -2.02. The molecule has 0 aromatic heterocycles. The Morgan fingerprint density at radius 3 is 2.43 bits per heavy atom. The predicted molar refractivity (Wildman–Crippen MR) is 179 cm³/mol. The number of aldehydes is 1. The second kappa shape index (κ2) is 12.1. The first kappa shape index (κ1) is 33.9. The van der Waals surface area contributed by atoms with Crippen molar-refractivity contribution in [1.29, 1.82) is 0 Å². The number of allylic oxidation sites excluding steroid dienone is 1. The van der Waals surface area contributed by atoms with Gasteiger partial charge in [0.15, 0.2) is 0 Å². The fraction of sp³-hybridized carbons (Fsp3) is 0.750. The van der Waals surface area contributed by atoms with E-state index in [2.05, 4.69) is 54.5 Å². The molecule has 6 heteroatoms. The summed E-state index contributed by atoms with van der Waals surface area (Å²) in [5, 5.41) is 0. The molecule has 2 bridgehead atoms. The van der Waals surface area contributed by atoms with Crippen LogP contribution >= 0.6 is 0 Å². The maximum Gasteiger partial charge on any atom is 0.310 e. The van der Waals surface area contributed by atoms with Crippen LogP contribution < -0.4 is 0 Å². The molecule has 254 valence electrons. The van der Waals surface area contributed by atoms with E-state index in [1.54, 1.807) is 12.7 Å². The number of rotatable bonds is 9. The summed E-state index contributed by atoms with van der Waals surface area (Å²) in [5.41, 5.74) is 1.72. The van der Waals surface area contributed by atoms with Gasteiger partial charge < -0.3 is 23.7 Å². The standard InChI is InChI=1S/C40H58O6/c1-26(2)27(3)36(4)18-19-38(6)29-14-15-32-37(5)24-44-25-40(32,22-31(43-8)34(37)45-21-20-41)30(29)16-17-39(38,7)33(36)35(42)46-23-28-12-10-9-11-13-28/h9-13,16,20,26-27,29,31-34H,14-15,17-19,21-25H2,1-8H3/t27-,29+,31-,32+,33-,34+,36-,37-,38-,39+,40+/m1/s1. The maximum atomic E-state index is 14.6. The van der Waals surface area contributed by atoms with Crippen molar-refractivity contribution in [2.24, 2.45) is 56.7 Å². The molecule has 1 aromatic carbocycles. The molecule has 0 amide bonds. The SMILES string of the molecule is CO[C@@H]1C[C@@]23COC[C@](C)([C@@H]2CC[C@H]2C3=CC[C@@]3(C)[C@H](C(=O)OCc4ccccc4)[C@@](C)([C@H](C)C(C)C)CC[C@]23C)[C@H]1OCC=O. The van der Waals surface area contributed by atoms with Gasteiger partial charge in [0, 0.05) is 17.9 Å². The maximum absolute atomic E-state index is 14.6. The largest absolute Gasteiger partial charge is 0.461 e. The van der Waals surface area contributed by atoms with Gasteiger partial charge >= 0.3 is 5.97 Å². The monoisotopic (exact) mass is 634 g/mol. The van der Waals surface area contributed by atoms with Crippen molar-refractivity contribution in [2.45, 2.75) is 106 Å². The van der Waals surface area contributed by atoms with Crippen molar-refractivity contribution in [3.8, 4) is 0 Å². The molecule has 1 heterocycles. The van der Waals surface area contributed by atoms with E-state index in [1.165, 1.54) is 0 Å². The van der Waals surface area contributed by atoms with Crippen LogP contribution in [0.3, 0.4) is 0 Å². The molecule has 1 aromatic rings. The highest BCUT2D eigenvalue weighted by atomic mass is 16.5. The first-order valence-electron chi connectivity index (χ1n) is 17.9. The van der Waals surface area contributed by atoms with E-state index in [4.69, 9.17) is 18.9 Å². The van der Waals surface area contributed by atoms with E-state index in [9.17, 15) is 9.59 Å². The fourth-order valence-electron chi connectivity index (χ4n) is 12.0. The van der Waals surface area contributed by atoms with Crippen LogP contribution in [0.1, 0.15) is 92.6 Å². The second-order valence-electron chi connectivity index (χ2n) is 17.0. The molecular formula is C40H58O6. The minimum atomic E-state index is -0.252. The normalized spacial score (nSPS) is 43.8. The minimum Gasteiger partial charge on any atom is -0.461 e. The van der Waals surface area contributed by atoms with Crippen LogP contribution in [-0.2, 0) is 35.1 Å². The predicted octanol–water partition coefficient (Wildman–Crippen LogP) is 7.83. The Morgan fingerprint density at radius 2 is 1.76 bits per heavy atom. The number of carbonyl (C=O) groups excluding carboxylic acids is 2. The number of benzene rings is 1. The average Bonchev–Trinajstić information content (AvgIpc) is 3.03. The quantitative estimate of drug-likeness (QED) is 0.157. The number of ether oxygens (including phenoxy) is 4. The molecule has 5 aliphatic rings. The van der Waals surface area contributed by atoms with Crippen molar-refractivity contribution in [1.82, 2.24) is 0 Å². The Kier molecular flexibility index (Phi) is 8.94. The number of esters is 1. The summed E-state index contributed by atoms with van der Waals surface area (Å²) in [6.07, 6.45) is 9.11. The lowest BCUT2D eigenvalue weighted by molar-refractivity contribution is -0.265. The van der Waals surface area contributed by atoms with Crippen molar-refractivity contribution < 1.29 is 28.5 Å². The van der Waals surface area contributed by atoms with E-state index < -0.39 is 0 Å². The van der Waals surface area contributed by atoms with Gasteiger partial charge in [0.25, 0.3) is 0 Å². The number of hydrogen-bond donors (Lipinski definition) is 0. The summed E-state index contributed by atoms with van der Waals surface area (Å²) in [5.74, 6) is 1.36. The van der Waals surface area contributed by atoms with E-state index in [0.29, 0.717) is 43.5 Å². The van der Waals surface area contributed by atoms with Gasteiger partial charge in [0.05, 0.1) is 31.3 Å². The van der Waals surface area contributed by atoms with E-state index in [1.807, 2.05) is 30.3 Å². The number of hydrogen-bond acceptors (Lipinski definition) is 6. The summed E-state index contributed by atoms with van der Waals surface area (Å²) in [6.45, 7) is 18.3. The molecule has 1 aliphatic heterocycles.